The van der Waals surface area contributed by atoms with Crippen molar-refractivity contribution in [2.45, 2.75) is 31.7 Å². The first-order valence-corrected chi connectivity index (χ1v) is 8.01. The minimum Gasteiger partial charge on any atom is -0.372 e. The fourth-order valence-electron chi connectivity index (χ4n) is 3.25. The van der Waals surface area contributed by atoms with Crippen molar-refractivity contribution >= 4 is 11.7 Å². The van der Waals surface area contributed by atoms with Crippen molar-refractivity contribution in [2.24, 2.45) is 7.05 Å². The van der Waals surface area contributed by atoms with Crippen LogP contribution in [0.4, 0.5) is 5.82 Å². The molecular formula is C16H20N6O. The fourth-order valence-corrected chi connectivity index (χ4v) is 3.25. The molecule has 1 N–H and O–H groups in total. The van der Waals surface area contributed by atoms with Gasteiger partial charge in [0.25, 0.3) is 5.91 Å². The fraction of sp³-hybridized carbons (Fsp3) is 0.500. The Bertz CT molecular complexity index is 764. The summed E-state index contributed by atoms with van der Waals surface area (Å²) in [6.07, 6.45) is 4.78. The highest BCUT2D eigenvalue weighted by Gasteiger charge is 2.33. The van der Waals surface area contributed by atoms with E-state index in [1.165, 1.54) is 0 Å². The van der Waals surface area contributed by atoms with E-state index in [9.17, 15) is 4.79 Å². The molecule has 1 aliphatic carbocycles. The van der Waals surface area contributed by atoms with Crippen LogP contribution in [0.15, 0.2) is 12.3 Å². The van der Waals surface area contributed by atoms with Gasteiger partial charge >= 0.3 is 0 Å². The van der Waals surface area contributed by atoms with E-state index in [-0.39, 0.29) is 5.91 Å². The molecule has 2 aliphatic rings. The van der Waals surface area contributed by atoms with Gasteiger partial charge in [-0.1, -0.05) is 0 Å². The van der Waals surface area contributed by atoms with E-state index in [0.717, 1.165) is 47.6 Å². The molecule has 1 aliphatic heterocycles. The number of carbonyl (C=O) groups is 1. The van der Waals surface area contributed by atoms with Gasteiger partial charge in [0.15, 0.2) is 0 Å². The number of rotatable bonds is 3. The van der Waals surface area contributed by atoms with E-state index in [4.69, 9.17) is 0 Å². The van der Waals surface area contributed by atoms with Crippen LogP contribution in [0.5, 0.6) is 0 Å². The lowest BCUT2D eigenvalue weighted by atomic mass is 10.0. The lowest BCUT2D eigenvalue weighted by Gasteiger charge is -2.28. The summed E-state index contributed by atoms with van der Waals surface area (Å²) >= 11 is 0. The summed E-state index contributed by atoms with van der Waals surface area (Å²) in [6.45, 7) is 1.26. The Morgan fingerprint density at radius 1 is 1.35 bits per heavy atom. The molecule has 23 heavy (non-hydrogen) atoms. The molecule has 4 rings (SSSR count). The van der Waals surface area contributed by atoms with Gasteiger partial charge in [0.2, 0.25) is 0 Å². The van der Waals surface area contributed by atoms with E-state index in [2.05, 4.69) is 20.6 Å². The van der Waals surface area contributed by atoms with Crippen molar-refractivity contribution in [2.75, 3.05) is 18.9 Å². The second kappa shape index (κ2) is 5.33. The van der Waals surface area contributed by atoms with Gasteiger partial charge < -0.3 is 10.2 Å². The zero-order valence-electron chi connectivity index (χ0n) is 13.4. The number of carbonyl (C=O) groups excluding carboxylic acids is 1. The first-order valence-electron chi connectivity index (χ1n) is 8.01. The molecule has 1 fully saturated rings. The highest BCUT2D eigenvalue weighted by Crippen LogP contribution is 2.41. The Balaban J connectivity index is 1.60. The van der Waals surface area contributed by atoms with Gasteiger partial charge in [-0.05, 0) is 24.5 Å². The maximum absolute atomic E-state index is 13.0. The second-order valence-electron chi connectivity index (χ2n) is 6.27. The van der Waals surface area contributed by atoms with Crippen molar-refractivity contribution in [3.63, 3.8) is 0 Å². The molecule has 0 aromatic carbocycles. The average molecular weight is 312 g/mol. The molecule has 0 radical (unpaired) electrons. The highest BCUT2D eigenvalue weighted by atomic mass is 16.2. The number of nitrogens with one attached hydrogen (secondary N) is 1. The van der Waals surface area contributed by atoms with Crippen molar-refractivity contribution in [1.29, 1.82) is 0 Å². The third kappa shape index (κ3) is 2.46. The van der Waals surface area contributed by atoms with Gasteiger partial charge in [0.1, 0.15) is 5.82 Å². The lowest BCUT2D eigenvalue weighted by Crippen LogP contribution is -2.36. The predicted molar refractivity (Wildman–Crippen MR) is 85.2 cm³/mol. The van der Waals surface area contributed by atoms with Gasteiger partial charge in [0, 0.05) is 39.5 Å². The summed E-state index contributed by atoms with van der Waals surface area (Å²) < 4.78 is 1.85. The van der Waals surface area contributed by atoms with E-state index in [1.54, 1.807) is 6.20 Å². The minimum atomic E-state index is 0.0773. The number of nitrogens with zero attached hydrogens (tertiary/aromatic N) is 5. The third-order valence-corrected chi connectivity index (χ3v) is 4.66. The summed E-state index contributed by atoms with van der Waals surface area (Å²) in [4.78, 5) is 14.8. The molecule has 1 amide bonds. The van der Waals surface area contributed by atoms with Crippen molar-refractivity contribution in [1.82, 2.24) is 24.9 Å². The van der Waals surface area contributed by atoms with E-state index in [1.807, 2.05) is 29.7 Å². The third-order valence-electron chi connectivity index (χ3n) is 4.66. The van der Waals surface area contributed by atoms with Crippen LogP contribution in [0, 0.1) is 0 Å². The molecule has 120 valence electrons. The predicted octanol–water partition coefficient (Wildman–Crippen LogP) is 1.33. The Hall–Kier alpha value is -2.44. The van der Waals surface area contributed by atoms with E-state index in [0.29, 0.717) is 19.0 Å². The molecule has 7 nitrogen and oxygen atoms in total. The maximum atomic E-state index is 13.0. The zero-order valence-corrected chi connectivity index (χ0v) is 13.4. The smallest absolute Gasteiger partial charge is 0.257 e. The molecule has 2 aromatic heterocycles. The molecule has 0 saturated heterocycles. The summed E-state index contributed by atoms with van der Waals surface area (Å²) in [5, 5.41) is 15.7. The number of amides is 1. The van der Waals surface area contributed by atoms with Gasteiger partial charge in [0.05, 0.1) is 23.1 Å². The SMILES string of the molecule is CNc1cc2c(nn1)CCN(C(=O)c1cnn(C)c1C1CC1)C2. The number of aromatic nitrogens is 4. The summed E-state index contributed by atoms with van der Waals surface area (Å²) in [5.41, 5.74) is 3.90. The van der Waals surface area contributed by atoms with Crippen LogP contribution in [-0.4, -0.2) is 44.4 Å². The molecule has 0 spiro atoms. The minimum absolute atomic E-state index is 0.0773. The average Bonchev–Trinajstić information content (AvgIpc) is 3.35. The normalized spacial score (nSPS) is 17.0. The second-order valence-corrected chi connectivity index (χ2v) is 6.27. The van der Waals surface area contributed by atoms with Crippen molar-refractivity contribution in [3.05, 3.63) is 34.8 Å². The van der Waals surface area contributed by atoms with Crippen molar-refractivity contribution < 1.29 is 4.79 Å². The first kappa shape index (κ1) is 14.2. The quantitative estimate of drug-likeness (QED) is 0.925. The van der Waals surface area contributed by atoms with E-state index >= 15 is 0 Å². The Morgan fingerprint density at radius 2 is 2.17 bits per heavy atom. The molecular weight excluding hydrogens is 292 g/mol. The summed E-state index contributed by atoms with van der Waals surface area (Å²) in [7, 11) is 3.74. The number of hydrogen-bond donors (Lipinski definition) is 1. The van der Waals surface area contributed by atoms with Gasteiger partial charge in [-0.15, -0.1) is 5.10 Å². The topological polar surface area (TPSA) is 75.9 Å². The molecule has 0 atom stereocenters. The Kier molecular flexibility index (Phi) is 3.28. The summed E-state index contributed by atoms with van der Waals surface area (Å²) in [6, 6.07) is 1.98. The van der Waals surface area contributed by atoms with Crippen LogP contribution in [-0.2, 0) is 20.0 Å². The number of anilines is 1. The van der Waals surface area contributed by atoms with Gasteiger partial charge in [-0.25, -0.2) is 0 Å². The number of aryl methyl sites for hydroxylation is 1. The molecule has 0 unspecified atom stereocenters. The molecule has 3 heterocycles. The Morgan fingerprint density at radius 3 is 2.91 bits per heavy atom. The largest absolute Gasteiger partial charge is 0.372 e. The monoisotopic (exact) mass is 312 g/mol. The zero-order chi connectivity index (χ0) is 16.0. The van der Waals surface area contributed by atoms with Crippen LogP contribution in [0.3, 0.4) is 0 Å². The van der Waals surface area contributed by atoms with Crippen molar-refractivity contribution in [3.8, 4) is 0 Å². The van der Waals surface area contributed by atoms with Crippen LogP contribution < -0.4 is 5.32 Å². The van der Waals surface area contributed by atoms with Gasteiger partial charge in [-0.3, -0.25) is 9.48 Å². The molecule has 7 heteroatoms. The van der Waals surface area contributed by atoms with E-state index < -0.39 is 0 Å². The molecule has 2 aromatic rings. The first-order chi connectivity index (χ1) is 11.2. The maximum Gasteiger partial charge on any atom is 0.257 e. The van der Waals surface area contributed by atoms with Gasteiger partial charge in [-0.2, -0.15) is 10.2 Å². The lowest BCUT2D eigenvalue weighted by molar-refractivity contribution is 0.0732. The Labute approximate surface area is 134 Å². The summed E-state index contributed by atoms with van der Waals surface area (Å²) in [5.74, 6) is 1.31. The highest BCUT2D eigenvalue weighted by molar-refractivity contribution is 5.95. The number of hydrogen-bond acceptors (Lipinski definition) is 5. The van der Waals surface area contributed by atoms with Crippen LogP contribution >= 0.6 is 0 Å². The van der Waals surface area contributed by atoms with Crippen LogP contribution in [0.25, 0.3) is 0 Å². The standard InChI is InChI=1S/C16H20N6O/c1-17-14-7-11-9-22(6-5-13(11)19-20-14)16(23)12-8-18-21(2)15(12)10-3-4-10/h7-8,10H,3-6,9H2,1-2H3,(H,17,20). The number of fused-ring (bicyclic) bond motifs is 1. The van der Waals surface area contributed by atoms with Crippen LogP contribution in [0.1, 0.15) is 46.1 Å². The molecule has 1 saturated carbocycles. The van der Waals surface area contributed by atoms with Crippen LogP contribution in [0.2, 0.25) is 0 Å². The molecule has 0 bridgehead atoms.